The van der Waals surface area contributed by atoms with Gasteiger partial charge in [0.05, 0.1) is 7.11 Å². The molecule has 96 valence electrons. The number of nitrogens with zero attached hydrogens (tertiary/aromatic N) is 1. The Morgan fingerprint density at radius 1 is 1.59 bits per heavy atom. The summed E-state index contributed by atoms with van der Waals surface area (Å²) in [5, 5.41) is 3.28. The molecule has 0 bridgehead atoms. The highest BCUT2D eigenvalue weighted by Crippen LogP contribution is 2.16. The SMILES string of the molecule is CCC(NC)c1ccn(CCCC(=O)OC)c1. The van der Waals surface area contributed by atoms with E-state index in [0.29, 0.717) is 12.5 Å². The number of aryl methyl sites for hydroxylation is 1. The van der Waals surface area contributed by atoms with Gasteiger partial charge in [-0.1, -0.05) is 6.92 Å². The molecule has 1 unspecified atom stereocenters. The molecule has 0 saturated carbocycles. The maximum atomic E-state index is 11.0. The number of esters is 1. The van der Waals surface area contributed by atoms with Crippen LogP contribution in [0.1, 0.15) is 37.8 Å². The molecule has 1 N–H and O–H groups in total. The Labute approximate surface area is 103 Å². The van der Waals surface area contributed by atoms with Crippen molar-refractivity contribution in [3.05, 3.63) is 24.0 Å². The summed E-state index contributed by atoms with van der Waals surface area (Å²) in [4.78, 5) is 11.0. The predicted octanol–water partition coefficient (Wildman–Crippen LogP) is 2.11. The average Bonchev–Trinajstić information content (AvgIpc) is 2.79. The van der Waals surface area contributed by atoms with E-state index in [-0.39, 0.29) is 5.97 Å². The third-order valence-electron chi connectivity index (χ3n) is 2.96. The first-order valence-electron chi connectivity index (χ1n) is 6.11. The van der Waals surface area contributed by atoms with E-state index in [1.165, 1.54) is 12.7 Å². The van der Waals surface area contributed by atoms with Crippen LogP contribution in [0.4, 0.5) is 0 Å². The number of hydrogen-bond acceptors (Lipinski definition) is 3. The van der Waals surface area contributed by atoms with Crippen molar-refractivity contribution < 1.29 is 9.53 Å². The summed E-state index contributed by atoms with van der Waals surface area (Å²) in [5.41, 5.74) is 1.30. The molecule has 0 fully saturated rings. The Morgan fingerprint density at radius 2 is 2.35 bits per heavy atom. The van der Waals surface area contributed by atoms with Crippen LogP contribution in [0.2, 0.25) is 0 Å². The summed E-state index contributed by atoms with van der Waals surface area (Å²) in [5.74, 6) is -0.140. The van der Waals surface area contributed by atoms with Crippen molar-refractivity contribution in [1.29, 1.82) is 0 Å². The van der Waals surface area contributed by atoms with Crippen LogP contribution in [0.3, 0.4) is 0 Å². The Morgan fingerprint density at radius 3 is 2.94 bits per heavy atom. The molecule has 4 nitrogen and oxygen atoms in total. The Balaban J connectivity index is 2.43. The molecular weight excluding hydrogens is 216 g/mol. The van der Waals surface area contributed by atoms with Gasteiger partial charge in [-0.15, -0.1) is 0 Å². The minimum Gasteiger partial charge on any atom is -0.469 e. The quantitative estimate of drug-likeness (QED) is 0.740. The normalized spacial score (nSPS) is 12.4. The number of aromatic nitrogens is 1. The van der Waals surface area contributed by atoms with Gasteiger partial charge in [0, 0.05) is 31.4 Å². The molecule has 0 aliphatic rings. The van der Waals surface area contributed by atoms with Crippen molar-refractivity contribution in [3.8, 4) is 0 Å². The predicted molar refractivity (Wildman–Crippen MR) is 67.8 cm³/mol. The van der Waals surface area contributed by atoms with Crippen LogP contribution >= 0.6 is 0 Å². The summed E-state index contributed by atoms with van der Waals surface area (Å²) in [6.07, 6.45) is 6.57. The molecular formula is C13H22N2O2. The van der Waals surface area contributed by atoms with Crippen molar-refractivity contribution in [2.24, 2.45) is 0 Å². The third-order valence-corrected chi connectivity index (χ3v) is 2.96. The molecule has 1 aromatic heterocycles. The number of rotatable bonds is 7. The van der Waals surface area contributed by atoms with Gasteiger partial charge in [-0.3, -0.25) is 4.79 Å². The maximum Gasteiger partial charge on any atom is 0.305 e. The number of hydrogen-bond donors (Lipinski definition) is 1. The molecule has 1 rings (SSSR count). The zero-order chi connectivity index (χ0) is 12.7. The van der Waals surface area contributed by atoms with Gasteiger partial charge < -0.3 is 14.6 Å². The average molecular weight is 238 g/mol. The fourth-order valence-corrected chi connectivity index (χ4v) is 1.92. The fourth-order valence-electron chi connectivity index (χ4n) is 1.92. The van der Waals surface area contributed by atoms with Gasteiger partial charge in [0.2, 0.25) is 0 Å². The zero-order valence-electron chi connectivity index (χ0n) is 10.9. The number of methoxy groups -OCH3 is 1. The molecule has 0 radical (unpaired) electrons. The van der Waals surface area contributed by atoms with Crippen molar-refractivity contribution in [3.63, 3.8) is 0 Å². The first-order chi connectivity index (χ1) is 8.21. The standard InChI is InChI=1S/C13H22N2O2/c1-4-12(14-2)11-7-9-15(10-11)8-5-6-13(16)17-3/h7,9-10,12,14H,4-6,8H2,1-3H3. The second kappa shape index (κ2) is 7.12. The molecule has 17 heavy (non-hydrogen) atoms. The molecule has 1 aromatic rings. The number of ether oxygens (including phenoxy) is 1. The lowest BCUT2D eigenvalue weighted by atomic mass is 10.1. The summed E-state index contributed by atoms with van der Waals surface area (Å²) in [6.45, 7) is 3.02. The van der Waals surface area contributed by atoms with E-state index < -0.39 is 0 Å². The highest BCUT2D eigenvalue weighted by molar-refractivity contribution is 5.68. The van der Waals surface area contributed by atoms with Crippen LogP contribution in [0.15, 0.2) is 18.5 Å². The Hall–Kier alpha value is -1.29. The topological polar surface area (TPSA) is 43.3 Å². The molecule has 1 atom stereocenters. The third kappa shape index (κ3) is 4.23. The van der Waals surface area contributed by atoms with E-state index in [1.54, 1.807) is 0 Å². The summed E-state index contributed by atoms with van der Waals surface area (Å²) in [6, 6.07) is 2.54. The van der Waals surface area contributed by atoms with Crippen LogP contribution < -0.4 is 5.32 Å². The van der Waals surface area contributed by atoms with E-state index in [2.05, 4.69) is 40.0 Å². The Bertz CT molecular complexity index is 343. The van der Waals surface area contributed by atoms with E-state index in [0.717, 1.165) is 19.4 Å². The van der Waals surface area contributed by atoms with Crippen molar-refractivity contribution >= 4 is 5.97 Å². The van der Waals surface area contributed by atoms with Gasteiger partial charge in [0.15, 0.2) is 0 Å². The minimum atomic E-state index is -0.140. The second-order valence-electron chi connectivity index (χ2n) is 4.11. The van der Waals surface area contributed by atoms with E-state index in [1.807, 2.05) is 7.05 Å². The first kappa shape index (κ1) is 13.8. The second-order valence-corrected chi connectivity index (χ2v) is 4.11. The van der Waals surface area contributed by atoms with E-state index >= 15 is 0 Å². The smallest absolute Gasteiger partial charge is 0.305 e. The minimum absolute atomic E-state index is 0.140. The van der Waals surface area contributed by atoms with Crippen molar-refractivity contribution in [1.82, 2.24) is 9.88 Å². The lowest BCUT2D eigenvalue weighted by molar-refractivity contribution is -0.140. The summed E-state index contributed by atoms with van der Waals surface area (Å²) < 4.78 is 6.73. The lowest BCUT2D eigenvalue weighted by Crippen LogP contribution is -2.14. The van der Waals surface area contributed by atoms with Crippen molar-refractivity contribution in [2.75, 3.05) is 14.2 Å². The highest BCUT2D eigenvalue weighted by atomic mass is 16.5. The van der Waals surface area contributed by atoms with Gasteiger partial charge in [-0.25, -0.2) is 0 Å². The Kier molecular flexibility index (Phi) is 5.77. The van der Waals surface area contributed by atoms with E-state index in [9.17, 15) is 4.79 Å². The number of nitrogens with one attached hydrogen (secondary N) is 1. The highest BCUT2D eigenvalue weighted by Gasteiger charge is 2.07. The van der Waals surface area contributed by atoms with E-state index in [4.69, 9.17) is 0 Å². The van der Waals surface area contributed by atoms with Crippen LogP contribution in [0.5, 0.6) is 0 Å². The molecule has 0 spiro atoms. The van der Waals surface area contributed by atoms with Gasteiger partial charge >= 0.3 is 5.97 Å². The van der Waals surface area contributed by atoms with Gasteiger partial charge in [0.1, 0.15) is 0 Å². The zero-order valence-corrected chi connectivity index (χ0v) is 10.9. The van der Waals surface area contributed by atoms with Crippen LogP contribution in [-0.4, -0.2) is 24.7 Å². The molecule has 0 saturated heterocycles. The molecule has 0 aliphatic heterocycles. The molecule has 0 amide bonds. The maximum absolute atomic E-state index is 11.0. The molecule has 1 heterocycles. The largest absolute Gasteiger partial charge is 0.469 e. The monoisotopic (exact) mass is 238 g/mol. The fraction of sp³-hybridized carbons (Fsp3) is 0.615. The molecule has 0 aromatic carbocycles. The van der Waals surface area contributed by atoms with Gasteiger partial charge in [-0.2, -0.15) is 0 Å². The number of carbonyl (C=O) groups is 1. The van der Waals surface area contributed by atoms with Crippen molar-refractivity contribution in [2.45, 2.75) is 38.8 Å². The molecule has 4 heteroatoms. The summed E-state index contributed by atoms with van der Waals surface area (Å²) >= 11 is 0. The summed E-state index contributed by atoms with van der Waals surface area (Å²) in [7, 11) is 3.40. The van der Waals surface area contributed by atoms with Gasteiger partial charge in [0.25, 0.3) is 0 Å². The molecule has 0 aliphatic carbocycles. The van der Waals surface area contributed by atoms with Crippen LogP contribution in [0.25, 0.3) is 0 Å². The lowest BCUT2D eigenvalue weighted by Gasteiger charge is -2.11. The first-order valence-corrected chi connectivity index (χ1v) is 6.11. The van der Waals surface area contributed by atoms with Crippen LogP contribution in [-0.2, 0) is 16.1 Å². The van der Waals surface area contributed by atoms with Crippen LogP contribution in [0, 0.1) is 0 Å². The van der Waals surface area contributed by atoms with Gasteiger partial charge in [-0.05, 0) is 31.5 Å². The number of carbonyl (C=O) groups excluding carboxylic acids is 1.